The predicted molar refractivity (Wildman–Crippen MR) is 87.8 cm³/mol. The smallest absolute Gasteiger partial charge is 0.137 e. The van der Waals surface area contributed by atoms with Crippen LogP contribution in [0.15, 0.2) is 61.2 Å². The minimum absolute atomic E-state index is 0.0688. The van der Waals surface area contributed by atoms with Gasteiger partial charge in [-0.25, -0.2) is 9.37 Å². The van der Waals surface area contributed by atoms with Gasteiger partial charge in [0.15, 0.2) is 0 Å². The summed E-state index contributed by atoms with van der Waals surface area (Å²) in [5.74, 6) is 1.48. The molecule has 1 aromatic carbocycles. The summed E-state index contributed by atoms with van der Waals surface area (Å²) in [6, 6.07) is 11.7. The lowest BCUT2D eigenvalue weighted by Gasteiger charge is -2.08. The average molecular weight is 307 g/mol. The highest BCUT2D eigenvalue weighted by molar-refractivity contribution is 5.86. The molecule has 4 rings (SSSR count). The summed E-state index contributed by atoms with van der Waals surface area (Å²) in [5, 5.41) is 3.13. The maximum absolute atomic E-state index is 12.2. The number of hydrogen-bond acceptors (Lipinski definition) is 3. The van der Waals surface area contributed by atoms with Crippen LogP contribution in [0, 0.1) is 0 Å². The van der Waals surface area contributed by atoms with E-state index < -0.39 is 6.67 Å². The first-order valence-corrected chi connectivity index (χ1v) is 7.35. The third-order valence-corrected chi connectivity index (χ3v) is 3.77. The predicted octanol–water partition coefficient (Wildman–Crippen LogP) is 3.92. The van der Waals surface area contributed by atoms with Gasteiger partial charge >= 0.3 is 0 Å². The molecular formula is C18H14FN3O. The van der Waals surface area contributed by atoms with Crippen LogP contribution in [0.4, 0.5) is 4.39 Å². The van der Waals surface area contributed by atoms with Crippen molar-refractivity contribution in [2.45, 2.75) is 0 Å². The normalized spacial score (nSPS) is 11.2. The molecule has 0 atom stereocenters. The zero-order chi connectivity index (χ0) is 15.6. The maximum atomic E-state index is 12.2. The summed E-state index contributed by atoms with van der Waals surface area (Å²) in [6.45, 7) is -0.427. The number of fused-ring (bicyclic) bond motifs is 2. The molecule has 23 heavy (non-hydrogen) atoms. The van der Waals surface area contributed by atoms with E-state index in [-0.39, 0.29) is 6.61 Å². The summed E-state index contributed by atoms with van der Waals surface area (Å²) < 4.78 is 19.5. The van der Waals surface area contributed by atoms with Gasteiger partial charge in [0, 0.05) is 29.4 Å². The van der Waals surface area contributed by atoms with Gasteiger partial charge in [0.25, 0.3) is 0 Å². The molecule has 4 nitrogen and oxygen atoms in total. The number of ether oxygens (including phenoxy) is 1. The van der Waals surface area contributed by atoms with Crippen LogP contribution < -0.4 is 4.74 Å². The minimum Gasteiger partial charge on any atom is -0.491 e. The molecule has 0 saturated carbocycles. The molecule has 0 spiro atoms. The topological polar surface area (TPSA) is 39.9 Å². The van der Waals surface area contributed by atoms with Crippen molar-refractivity contribution in [2.75, 3.05) is 13.3 Å². The van der Waals surface area contributed by atoms with Crippen LogP contribution in [0.2, 0.25) is 0 Å². The Hall–Kier alpha value is -2.95. The largest absolute Gasteiger partial charge is 0.491 e. The molecule has 0 unspecified atom stereocenters. The highest BCUT2D eigenvalue weighted by Gasteiger charge is 2.06. The Morgan fingerprint density at radius 1 is 1.00 bits per heavy atom. The van der Waals surface area contributed by atoms with Crippen molar-refractivity contribution in [2.24, 2.45) is 0 Å². The first-order valence-electron chi connectivity index (χ1n) is 7.35. The lowest BCUT2D eigenvalue weighted by Crippen LogP contribution is -1.99. The van der Waals surface area contributed by atoms with E-state index in [1.165, 1.54) is 0 Å². The first-order chi connectivity index (χ1) is 11.3. The SMILES string of the molecule is FCCOc1ccc2cc(-n3ccc4ccncc43)ncc2c1. The van der Waals surface area contributed by atoms with Gasteiger partial charge in [0.1, 0.15) is 24.8 Å². The van der Waals surface area contributed by atoms with Gasteiger partial charge in [-0.1, -0.05) is 6.07 Å². The highest BCUT2D eigenvalue weighted by Crippen LogP contribution is 2.24. The van der Waals surface area contributed by atoms with Gasteiger partial charge in [-0.2, -0.15) is 0 Å². The fourth-order valence-corrected chi connectivity index (χ4v) is 2.66. The summed E-state index contributed by atoms with van der Waals surface area (Å²) in [7, 11) is 0. The average Bonchev–Trinajstić information content (AvgIpc) is 3.03. The third-order valence-electron chi connectivity index (χ3n) is 3.77. The Morgan fingerprint density at radius 2 is 1.96 bits per heavy atom. The zero-order valence-electron chi connectivity index (χ0n) is 12.3. The number of pyridine rings is 2. The maximum Gasteiger partial charge on any atom is 0.137 e. The first kappa shape index (κ1) is 13.7. The summed E-state index contributed by atoms with van der Waals surface area (Å²) >= 11 is 0. The van der Waals surface area contributed by atoms with Crippen LogP contribution in [0.25, 0.3) is 27.5 Å². The van der Waals surface area contributed by atoms with E-state index in [0.29, 0.717) is 5.75 Å². The van der Waals surface area contributed by atoms with Crippen molar-refractivity contribution in [3.63, 3.8) is 0 Å². The Kier molecular flexibility index (Phi) is 3.38. The van der Waals surface area contributed by atoms with E-state index >= 15 is 0 Å². The van der Waals surface area contributed by atoms with Crippen molar-refractivity contribution >= 4 is 21.7 Å². The second kappa shape index (κ2) is 5.68. The van der Waals surface area contributed by atoms with Gasteiger partial charge < -0.3 is 4.74 Å². The lowest BCUT2D eigenvalue weighted by molar-refractivity contribution is 0.273. The molecule has 0 bridgehead atoms. The van der Waals surface area contributed by atoms with Gasteiger partial charge in [-0.05, 0) is 35.7 Å². The monoisotopic (exact) mass is 307 g/mol. The molecule has 5 heteroatoms. The Balaban J connectivity index is 1.77. The van der Waals surface area contributed by atoms with Crippen LogP contribution >= 0.6 is 0 Å². The molecular weight excluding hydrogens is 293 g/mol. The van der Waals surface area contributed by atoms with Crippen molar-refractivity contribution in [3.8, 4) is 11.6 Å². The third kappa shape index (κ3) is 2.50. The molecule has 0 amide bonds. The number of benzene rings is 1. The summed E-state index contributed by atoms with van der Waals surface area (Å²) in [5.41, 5.74) is 1.02. The van der Waals surface area contributed by atoms with Crippen LogP contribution in [0.1, 0.15) is 0 Å². The van der Waals surface area contributed by atoms with E-state index in [9.17, 15) is 4.39 Å². The number of halogens is 1. The number of rotatable bonds is 4. The minimum atomic E-state index is -0.496. The zero-order valence-corrected chi connectivity index (χ0v) is 12.3. The van der Waals surface area contributed by atoms with Gasteiger partial charge in [-0.3, -0.25) is 9.55 Å². The standard InChI is InChI=1S/C18H14FN3O/c19-5-8-23-16-2-1-14-10-18(21-11-15(14)9-16)22-7-4-13-3-6-20-12-17(13)22/h1-4,6-7,9-12H,5,8H2. The number of hydrogen-bond donors (Lipinski definition) is 0. The van der Waals surface area contributed by atoms with Crippen molar-refractivity contribution in [1.29, 1.82) is 0 Å². The molecule has 0 N–H and O–H groups in total. The van der Waals surface area contributed by atoms with Gasteiger partial charge in [0.05, 0.1) is 11.7 Å². The number of alkyl halides is 1. The molecule has 114 valence electrons. The van der Waals surface area contributed by atoms with E-state index in [4.69, 9.17) is 4.74 Å². The molecule has 0 aliphatic heterocycles. The molecule has 4 aromatic rings. The molecule has 0 saturated heterocycles. The van der Waals surface area contributed by atoms with Crippen molar-refractivity contribution in [3.05, 3.63) is 61.2 Å². The summed E-state index contributed by atoms with van der Waals surface area (Å²) in [6.07, 6.45) is 7.39. The Bertz CT molecular complexity index is 980. The quantitative estimate of drug-likeness (QED) is 0.573. The van der Waals surface area contributed by atoms with E-state index in [1.54, 1.807) is 12.4 Å². The van der Waals surface area contributed by atoms with E-state index in [2.05, 4.69) is 9.97 Å². The molecule has 0 aliphatic carbocycles. The number of nitrogens with zero attached hydrogens (tertiary/aromatic N) is 3. The van der Waals surface area contributed by atoms with Crippen LogP contribution in [-0.2, 0) is 0 Å². The van der Waals surface area contributed by atoms with Crippen LogP contribution in [-0.4, -0.2) is 27.8 Å². The lowest BCUT2D eigenvalue weighted by atomic mass is 10.1. The fourth-order valence-electron chi connectivity index (χ4n) is 2.66. The van der Waals surface area contributed by atoms with Crippen molar-refractivity contribution < 1.29 is 9.13 Å². The van der Waals surface area contributed by atoms with Crippen LogP contribution in [0.3, 0.4) is 0 Å². The molecule has 0 fully saturated rings. The van der Waals surface area contributed by atoms with Gasteiger partial charge in [0.2, 0.25) is 0 Å². The van der Waals surface area contributed by atoms with E-state index in [1.807, 2.05) is 53.4 Å². The second-order valence-corrected chi connectivity index (χ2v) is 5.21. The van der Waals surface area contributed by atoms with Crippen molar-refractivity contribution in [1.82, 2.24) is 14.5 Å². The second-order valence-electron chi connectivity index (χ2n) is 5.21. The van der Waals surface area contributed by atoms with Gasteiger partial charge in [-0.15, -0.1) is 0 Å². The van der Waals surface area contributed by atoms with E-state index in [0.717, 1.165) is 27.5 Å². The highest BCUT2D eigenvalue weighted by atomic mass is 19.1. The van der Waals surface area contributed by atoms with Crippen LogP contribution in [0.5, 0.6) is 5.75 Å². The number of aromatic nitrogens is 3. The Labute approximate surface area is 132 Å². The molecule has 0 aliphatic rings. The Morgan fingerprint density at radius 3 is 2.87 bits per heavy atom. The molecule has 3 heterocycles. The summed E-state index contributed by atoms with van der Waals surface area (Å²) in [4.78, 5) is 8.70. The molecule has 0 radical (unpaired) electrons. The fraction of sp³-hybridized carbons (Fsp3) is 0.111. The molecule has 3 aromatic heterocycles.